The first-order valence-corrected chi connectivity index (χ1v) is 6.28. The second kappa shape index (κ2) is 6.20. The predicted molar refractivity (Wildman–Crippen MR) is 66.2 cm³/mol. The third kappa shape index (κ3) is 3.29. The molecule has 82 valence electrons. The standard InChI is InChI=1S/C10H8N2O2S2/c1-15-10(6-7-11)16-9-5-3-2-4-8(9)12(13)14/h2-6H,1H3/b10-6-. The lowest BCUT2D eigenvalue weighted by molar-refractivity contribution is -0.387. The number of nitro benzene ring substituents is 1. The van der Waals surface area contributed by atoms with Crippen LogP contribution < -0.4 is 0 Å². The van der Waals surface area contributed by atoms with Crippen LogP contribution in [0.1, 0.15) is 0 Å². The summed E-state index contributed by atoms with van der Waals surface area (Å²) in [5, 5.41) is 19.3. The van der Waals surface area contributed by atoms with Gasteiger partial charge in [0.1, 0.15) is 0 Å². The van der Waals surface area contributed by atoms with Crippen LogP contribution in [0.25, 0.3) is 0 Å². The van der Waals surface area contributed by atoms with E-state index in [0.29, 0.717) is 4.90 Å². The van der Waals surface area contributed by atoms with Crippen molar-refractivity contribution in [3.05, 3.63) is 44.7 Å². The van der Waals surface area contributed by atoms with Gasteiger partial charge in [-0.05, 0) is 12.3 Å². The molecule has 0 heterocycles. The Morgan fingerprint density at radius 3 is 2.81 bits per heavy atom. The number of nitrogens with zero attached hydrogens (tertiary/aromatic N) is 2. The summed E-state index contributed by atoms with van der Waals surface area (Å²) >= 11 is 2.62. The van der Waals surface area contributed by atoms with Crippen molar-refractivity contribution in [2.24, 2.45) is 0 Å². The Bertz CT molecular complexity index is 466. The van der Waals surface area contributed by atoms with E-state index in [1.165, 1.54) is 35.7 Å². The van der Waals surface area contributed by atoms with Crippen LogP contribution in [0.4, 0.5) is 5.69 Å². The molecule has 0 spiro atoms. The van der Waals surface area contributed by atoms with Gasteiger partial charge in [-0.1, -0.05) is 23.9 Å². The van der Waals surface area contributed by atoms with Gasteiger partial charge in [-0.25, -0.2) is 0 Å². The molecule has 0 saturated heterocycles. The van der Waals surface area contributed by atoms with Crippen molar-refractivity contribution < 1.29 is 4.92 Å². The number of hydrogen-bond donors (Lipinski definition) is 0. The molecular weight excluding hydrogens is 244 g/mol. The number of allylic oxidation sites excluding steroid dienone is 1. The van der Waals surface area contributed by atoms with E-state index in [9.17, 15) is 10.1 Å². The van der Waals surface area contributed by atoms with Crippen molar-refractivity contribution in [1.82, 2.24) is 0 Å². The lowest BCUT2D eigenvalue weighted by atomic mass is 10.3. The number of nitro groups is 1. The summed E-state index contributed by atoms with van der Waals surface area (Å²) in [6, 6.07) is 8.39. The van der Waals surface area contributed by atoms with Crippen LogP contribution in [0.15, 0.2) is 39.5 Å². The smallest absolute Gasteiger partial charge is 0.258 e. The Morgan fingerprint density at radius 1 is 1.56 bits per heavy atom. The largest absolute Gasteiger partial charge is 0.283 e. The molecule has 1 rings (SSSR count). The van der Waals surface area contributed by atoms with Crippen LogP contribution in [0.5, 0.6) is 0 Å². The molecule has 16 heavy (non-hydrogen) atoms. The number of hydrogen-bond acceptors (Lipinski definition) is 5. The first-order chi connectivity index (χ1) is 7.69. The van der Waals surface area contributed by atoms with Crippen molar-refractivity contribution in [2.45, 2.75) is 4.90 Å². The van der Waals surface area contributed by atoms with Gasteiger partial charge in [-0.15, -0.1) is 11.8 Å². The van der Waals surface area contributed by atoms with E-state index in [-0.39, 0.29) is 5.69 Å². The molecule has 0 aromatic heterocycles. The summed E-state index contributed by atoms with van der Waals surface area (Å²) in [5.74, 6) is 0. The molecular formula is C10H8N2O2S2. The molecule has 0 aliphatic rings. The van der Waals surface area contributed by atoms with Gasteiger partial charge >= 0.3 is 0 Å². The van der Waals surface area contributed by atoms with E-state index in [4.69, 9.17) is 5.26 Å². The van der Waals surface area contributed by atoms with Gasteiger partial charge in [0.25, 0.3) is 5.69 Å². The first-order valence-electron chi connectivity index (χ1n) is 4.24. The zero-order chi connectivity index (χ0) is 12.0. The van der Waals surface area contributed by atoms with Crippen molar-refractivity contribution in [2.75, 3.05) is 6.26 Å². The number of thioether (sulfide) groups is 2. The molecule has 0 amide bonds. The fraction of sp³-hybridized carbons (Fsp3) is 0.100. The minimum Gasteiger partial charge on any atom is -0.258 e. The topological polar surface area (TPSA) is 66.9 Å². The Hall–Kier alpha value is -1.45. The normalized spacial score (nSPS) is 10.9. The molecule has 4 nitrogen and oxygen atoms in total. The van der Waals surface area contributed by atoms with E-state index in [1.807, 2.05) is 12.3 Å². The summed E-state index contributed by atoms with van der Waals surface area (Å²) in [6.45, 7) is 0. The molecule has 0 bridgehead atoms. The van der Waals surface area contributed by atoms with Crippen LogP contribution in [-0.2, 0) is 0 Å². The van der Waals surface area contributed by atoms with Gasteiger partial charge in [0, 0.05) is 12.1 Å². The van der Waals surface area contributed by atoms with Gasteiger partial charge in [0.15, 0.2) is 0 Å². The first kappa shape index (κ1) is 12.6. The summed E-state index contributed by atoms with van der Waals surface area (Å²) in [5.41, 5.74) is 0.0605. The molecule has 0 aliphatic carbocycles. The molecule has 0 atom stereocenters. The highest BCUT2D eigenvalue weighted by Gasteiger charge is 2.13. The summed E-state index contributed by atoms with van der Waals surface area (Å²) in [6.07, 6.45) is 3.21. The van der Waals surface area contributed by atoms with Crippen LogP contribution in [0.3, 0.4) is 0 Å². The Morgan fingerprint density at radius 2 is 2.25 bits per heavy atom. The number of nitriles is 1. The van der Waals surface area contributed by atoms with Gasteiger partial charge in [0.05, 0.1) is 20.1 Å². The third-order valence-corrected chi connectivity index (χ3v) is 3.81. The number of para-hydroxylation sites is 1. The molecule has 0 fully saturated rings. The average molecular weight is 252 g/mol. The average Bonchev–Trinajstić information content (AvgIpc) is 2.29. The maximum Gasteiger partial charge on any atom is 0.283 e. The van der Waals surface area contributed by atoms with Crippen LogP contribution in [0.2, 0.25) is 0 Å². The highest BCUT2D eigenvalue weighted by Crippen LogP contribution is 2.37. The Balaban J connectivity index is 3.01. The summed E-state index contributed by atoms with van der Waals surface area (Å²) in [7, 11) is 0. The van der Waals surface area contributed by atoms with Crippen molar-refractivity contribution in [1.29, 1.82) is 5.26 Å². The van der Waals surface area contributed by atoms with E-state index < -0.39 is 4.92 Å². The van der Waals surface area contributed by atoms with Gasteiger partial charge in [-0.2, -0.15) is 5.26 Å². The highest BCUT2D eigenvalue weighted by molar-refractivity contribution is 8.22. The molecule has 0 unspecified atom stereocenters. The molecule has 6 heteroatoms. The van der Waals surface area contributed by atoms with Crippen LogP contribution >= 0.6 is 23.5 Å². The molecule has 0 aliphatic heterocycles. The molecule has 0 N–H and O–H groups in total. The van der Waals surface area contributed by atoms with Gasteiger partial charge in [-0.3, -0.25) is 10.1 Å². The van der Waals surface area contributed by atoms with Crippen molar-refractivity contribution >= 4 is 29.2 Å². The van der Waals surface area contributed by atoms with E-state index >= 15 is 0 Å². The monoisotopic (exact) mass is 252 g/mol. The van der Waals surface area contributed by atoms with Crippen molar-refractivity contribution in [3.63, 3.8) is 0 Å². The van der Waals surface area contributed by atoms with Crippen LogP contribution in [0, 0.1) is 21.4 Å². The minimum absolute atomic E-state index is 0.0605. The predicted octanol–water partition coefficient (Wildman–Crippen LogP) is 3.41. The third-order valence-electron chi connectivity index (χ3n) is 1.66. The van der Waals surface area contributed by atoms with Gasteiger partial charge in [0.2, 0.25) is 0 Å². The maximum absolute atomic E-state index is 10.8. The van der Waals surface area contributed by atoms with Gasteiger partial charge < -0.3 is 0 Å². The zero-order valence-corrected chi connectivity index (χ0v) is 10.0. The SMILES string of the molecule is CS/C(=C/C#N)Sc1ccccc1[N+](=O)[O-]. The van der Waals surface area contributed by atoms with E-state index in [2.05, 4.69) is 0 Å². The number of benzene rings is 1. The fourth-order valence-corrected chi connectivity index (χ4v) is 2.48. The Kier molecular flexibility index (Phi) is 4.89. The molecule has 0 radical (unpaired) electrons. The molecule has 1 aromatic carbocycles. The molecule has 1 aromatic rings. The maximum atomic E-state index is 10.8. The highest BCUT2D eigenvalue weighted by atomic mass is 32.2. The van der Waals surface area contributed by atoms with Crippen molar-refractivity contribution in [3.8, 4) is 6.07 Å². The zero-order valence-electron chi connectivity index (χ0n) is 8.41. The lowest BCUT2D eigenvalue weighted by Gasteiger charge is -2.02. The van der Waals surface area contributed by atoms with E-state index in [0.717, 1.165) is 4.24 Å². The molecule has 0 saturated carbocycles. The lowest BCUT2D eigenvalue weighted by Crippen LogP contribution is -1.89. The Labute approximate surface area is 101 Å². The fourth-order valence-electron chi connectivity index (χ4n) is 0.985. The quantitative estimate of drug-likeness (QED) is 0.355. The number of rotatable bonds is 4. The minimum atomic E-state index is -0.424. The van der Waals surface area contributed by atoms with E-state index in [1.54, 1.807) is 18.2 Å². The second-order valence-corrected chi connectivity index (χ2v) is 4.81. The summed E-state index contributed by atoms with van der Waals surface area (Å²) in [4.78, 5) is 10.9. The second-order valence-electron chi connectivity index (χ2n) is 2.62. The summed E-state index contributed by atoms with van der Waals surface area (Å²) < 4.78 is 0.733. The van der Waals surface area contributed by atoms with Crippen LogP contribution in [-0.4, -0.2) is 11.2 Å².